The predicted octanol–water partition coefficient (Wildman–Crippen LogP) is 3.02. The number of hydrogen-bond acceptors (Lipinski definition) is 3. The molecule has 3 nitrogen and oxygen atoms in total. The first-order valence-electron chi connectivity index (χ1n) is 4.77. The van der Waals surface area contributed by atoms with Crippen LogP contribution in [0.1, 0.15) is 15.9 Å². The first kappa shape index (κ1) is 10.9. The summed E-state index contributed by atoms with van der Waals surface area (Å²) in [6.45, 7) is 1.85. The van der Waals surface area contributed by atoms with Crippen LogP contribution in [0.4, 0.5) is 0 Å². The Morgan fingerprint density at radius 3 is 2.81 bits per heavy atom. The number of carbonyl (C=O) groups is 1. The van der Waals surface area contributed by atoms with Crippen molar-refractivity contribution < 1.29 is 9.53 Å². The van der Waals surface area contributed by atoms with Gasteiger partial charge in [-0.2, -0.15) is 0 Å². The van der Waals surface area contributed by atoms with Crippen LogP contribution in [0.2, 0.25) is 5.15 Å². The second-order valence-electron chi connectivity index (χ2n) is 3.42. The van der Waals surface area contributed by atoms with Gasteiger partial charge in [-0.25, -0.2) is 4.98 Å². The highest BCUT2D eigenvalue weighted by Gasteiger charge is 2.12. The predicted molar refractivity (Wildman–Crippen MR) is 63.4 cm³/mol. The summed E-state index contributed by atoms with van der Waals surface area (Å²) in [6.07, 6.45) is 0.726. The van der Waals surface area contributed by atoms with Crippen LogP contribution in [0.25, 0.3) is 10.9 Å². The third kappa shape index (κ3) is 1.53. The van der Waals surface area contributed by atoms with Gasteiger partial charge in [-0.15, -0.1) is 0 Å². The average Bonchev–Trinajstić information content (AvgIpc) is 2.29. The third-order valence-electron chi connectivity index (χ3n) is 2.58. The average molecular weight is 236 g/mol. The number of methoxy groups -OCH3 is 1. The zero-order chi connectivity index (χ0) is 11.7. The molecule has 82 valence electrons. The smallest absolute Gasteiger partial charge is 0.153 e. The molecule has 0 atom stereocenters. The fraction of sp³-hybridized carbons (Fsp3) is 0.167. The molecule has 0 amide bonds. The zero-order valence-corrected chi connectivity index (χ0v) is 9.71. The number of fused-ring (bicyclic) bond motifs is 1. The van der Waals surface area contributed by atoms with Gasteiger partial charge in [0, 0.05) is 5.39 Å². The van der Waals surface area contributed by atoms with Crippen molar-refractivity contribution in [3.63, 3.8) is 0 Å². The summed E-state index contributed by atoms with van der Waals surface area (Å²) >= 11 is 5.94. The Labute approximate surface area is 98.0 Å². The number of benzene rings is 1. The highest BCUT2D eigenvalue weighted by Crippen LogP contribution is 2.30. The van der Waals surface area contributed by atoms with E-state index in [9.17, 15) is 4.79 Å². The number of aldehydes is 1. The van der Waals surface area contributed by atoms with Crippen LogP contribution in [0.5, 0.6) is 5.75 Å². The number of ether oxygens (including phenoxy) is 1. The summed E-state index contributed by atoms with van der Waals surface area (Å²) in [5, 5.41) is 1.09. The van der Waals surface area contributed by atoms with Gasteiger partial charge in [0.25, 0.3) is 0 Å². The molecule has 0 aliphatic heterocycles. The molecule has 0 N–H and O–H groups in total. The highest BCUT2D eigenvalue weighted by atomic mass is 35.5. The van der Waals surface area contributed by atoms with Gasteiger partial charge >= 0.3 is 0 Å². The lowest BCUT2D eigenvalue weighted by molar-refractivity contribution is 0.112. The molecule has 0 aliphatic carbocycles. The Morgan fingerprint density at radius 1 is 1.44 bits per heavy atom. The molecule has 0 bridgehead atoms. The number of halogens is 1. The largest absolute Gasteiger partial charge is 0.494 e. The van der Waals surface area contributed by atoms with E-state index < -0.39 is 0 Å². The van der Waals surface area contributed by atoms with Gasteiger partial charge < -0.3 is 4.74 Å². The van der Waals surface area contributed by atoms with Crippen LogP contribution >= 0.6 is 11.6 Å². The summed E-state index contributed by atoms with van der Waals surface area (Å²) in [7, 11) is 1.58. The van der Waals surface area contributed by atoms with E-state index >= 15 is 0 Å². The maximum atomic E-state index is 10.9. The van der Waals surface area contributed by atoms with Crippen molar-refractivity contribution in [3.8, 4) is 5.75 Å². The van der Waals surface area contributed by atoms with Crippen molar-refractivity contribution in [3.05, 3.63) is 34.5 Å². The quantitative estimate of drug-likeness (QED) is 0.593. The summed E-state index contributed by atoms with van der Waals surface area (Å²) in [5.41, 5.74) is 1.93. The lowest BCUT2D eigenvalue weighted by atomic mass is 10.1. The lowest BCUT2D eigenvalue weighted by Gasteiger charge is -2.09. The molecule has 0 fully saturated rings. The molecule has 0 aliphatic rings. The first-order chi connectivity index (χ1) is 7.69. The van der Waals surface area contributed by atoms with Crippen LogP contribution in [-0.2, 0) is 0 Å². The van der Waals surface area contributed by atoms with Crippen molar-refractivity contribution in [1.29, 1.82) is 0 Å². The van der Waals surface area contributed by atoms with Gasteiger partial charge in [0.1, 0.15) is 16.4 Å². The van der Waals surface area contributed by atoms with Gasteiger partial charge in [0.2, 0.25) is 0 Å². The normalized spacial score (nSPS) is 10.4. The molecule has 1 aromatic heterocycles. The Bertz CT molecular complexity index is 566. The van der Waals surface area contributed by atoms with Gasteiger partial charge in [-0.3, -0.25) is 4.79 Å². The number of pyridine rings is 1. The molecule has 0 saturated carbocycles. The van der Waals surface area contributed by atoms with Crippen LogP contribution in [0, 0.1) is 6.92 Å². The molecular formula is C12H10ClNO2. The number of rotatable bonds is 2. The standard InChI is InChI=1S/C12H10ClNO2/c1-7-8-4-3-5-10(16-2)11(8)14-12(13)9(7)6-15/h3-6H,1-2H3. The summed E-state index contributed by atoms with van der Waals surface area (Å²) in [5.74, 6) is 0.653. The molecular weight excluding hydrogens is 226 g/mol. The molecule has 2 aromatic rings. The van der Waals surface area contributed by atoms with Crippen molar-refractivity contribution in [2.24, 2.45) is 0 Å². The Morgan fingerprint density at radius 2 is 2.19 bits per heavy atom. The topological polar surface area (TPSA) is 39.2 Å². The van der Waals surface area contributed by atoms with Gasteiger partial charge in [-0.1, -0.05) is 23.7 Å². The molecule has 0 radical (unpaired) electrons. The van der Waals surface area contributed by atoms with E-state index in [0.717, 1.165) is 17.2 Å². The van der Waals surface area contributed by atoms with E-state index in [1.54, 1.807) is 7.11 Å². The maximum absolute atomic E-state index is 10.9. The highest BCUT2D eigenvalue weighted by molar-refractivity contribution is 6.32. The van der Waals surface area contributed by atoms with E-state index in [-0.39, 0.29) is 5.15 Å². The summed E-state index contributed by atoms with van der Waals surface area (Å²) in [6, 6.07) is 5.56. The van der Waals surface area contributed by atoms with Crippen LogP contribution in [0.3, 0.4) is 0 Å². The van der Waals surface area contributed by atoms with Gasteiger partial charge in [0.05, 0.1) is 12.7 Å². The Hall–Kier alpha value is -1.61. The van der Waals surface area contributed by atoms with E-state index in [1.165, 1.54) is 0 Å². The summed E-state index contributed by atoms with van der Waals surface area (Å²) in [4.78, 5) is 15.1. The molecule has 16 heavy (non-hydrogen) atoms. The second-order valence-corrected chi connectivity index (χ2v) is 3.77. The first-order valence-corrected chi connectivity index (χ1v) is 5.14. The number of aromatic nitrogens is 1. The molecule has 2 rings (SSSR count). The van der Waals surface area contributed by atoms with Crippen molar-refractivity contribution in [2.45, 2.75) is 6.92 Å². The Balaban J connectivity index is 2.91. The minimum Gasteiger partial charge on any atom is -0.494 e. The SMILES string of the molecule is COc1cccc2c(C)c(C=O)c(Cl)nc12. The molecule has 1 aromatic carbocycles. The minimum absolute atomic E-state index is 0.213. The maximum Gasteiger partial charge on any atom is 0.153 e. The molecule has 1 heterocycles. The summed E-state index contributed by atoms with van der Waals surface area (Å²) < 4.78 is 5.20. The Kier molecular flexibility index (Phi) is 2.79. The van der Waals surface area contributed by atoms with Crippen LogP contribution in [-0.4, -0.2) is 18.4 Å². The van der Waals surface area contributed by atoms with Gasteiger partial charge in [-0.05, 0) is 18.6 Å². The van der Waals surface area contributed by atoms with Crippen LogP contribution in [0.15, 0.2) is 18.2 Å². The molecule has 0 saturated heterocycles. The molecule has 0 unspecified atom stereocenters. The number of carbonyl (C=O) groups excluding carboxylic acids is 1. The van der Waals surface area contributed by atoms with E-state index in [4.69, 9.17) is 16.3 Å². The van der Waals surface area contributed by atoms with E-state index in [2.05, 4.69) is 4.98 Å². The second kappa shape index (κ2) is 4.10. The van der Waals surface area contributed by atoms with Crippen molar-refractivity contribution in [2.75, 3.05) is 7.11 Å². The minimum atomic E-state index is 0.213. The zero-order valence-electron chi connectivity index (χ0n) is 8.95. The van der Waals surface area contributed by atoms with Crippen molar-refractivity contribution >= 4 is 28.8 Å². The number of nitrogens with zero attached hydrogens (tertiary/aromatic N) is 1. The third-order valence-corrected chi connectivity index (χ3v) is 2.87. The number of para-hydroxylation sites is 1. The van der Waals surface area contributed by atoms with E-state index in [1.807, 2.05) is 25.1 Å². The van der Waals surface area contributed by atoms with E-state index in [0.29, 0.717) is 16.8 Å². The lowest BCUT2D eigenvalue weighted by Crippen LogP contribution is -1.96. The van der Waals surface area contributed by atoms with Gasteiger partial charge in [0.15, 0.2) is 6.29 Å². The monoisotopic (exact) mass is 235 g/mol. The molecule has 4 heteroatoms. The fourth-order valence-corrected chi connectivity index (χ4v) is 1.97. The van der Waals surface area contributed by atoms with Crippen molar-refractivity contribution in [1.82, 2.24) is 4.98 Å². The van der Waals surface area contributed by atoms with Crippen LogP contribution < -0.4 is 4.74 Å². The number of aryl methyl sites for hydroxylation is 1. The number of hydrogen-bond donors (Lipinski definition) is 0. The molecule has 0 spiro atoms. The fourth-order valence-electron chi connectivity index (χ4n) is 1.70.